The zero-order valence-corrected chi connectivity index (χ0v) is 14.3. The maximum Gasteiger partial charge on any atom is 0.118 e. The van der Waals surface area contributed by atoms with Crippen molar-refractivity contribution >= 4 is 15.9 Å². The molecule has 0 unspecified atom stereocenters. The minimum atomic E-state index is 0.807. The Morgan fingerprint density at radius 2 is 1.86 bits per heavy atom. The molecular formula is C17H23BrN2O. The van der Waals surface area contributed by atoms with Gasteiger partial charge in [-0.1, -0.05) is 41.1 Å². The molecule has 3 nitrogen and oxygen atoms in total. The van der Waals surface area contributed by atoms with E-state index in [9.17, 15) is 0 Å². The first-order chi connectivity index (χ1) is 10.2. The first-order valence-corrected chi connectivity index (χ1v) is 8.18. The van der Waals surface area contributed by atoms with Crippen molar-refractivity contribution in [1.82, 2.24) is 10.2 Å². The topological polar surface area (TPSA) is 28.4 Å². The Morgan fingerprint density at radius 1 is 1.10 bits per heavy atom. The van der Waals surface area contributed by atoms with Gasteiger partial charge in [-0.2, -0.15) is 0 Å². The van der Waals surface area contributed by atoms with Gasteiger partial charge in [0.1, 0.15) is 11.5 Å². The Kier molecular flexibility index (Phi) is 6.49. The highest BCUT2D eigenvalue weighted by Gasteiger charge is 2.07. The van der Waals surface area contributed by atoms with Gasteiger partial charge in [0.05, 0.1) is 13.1 Å². The number of rotatable bonds is 8. The highest BCUT2D eigenvalue weighted by atomic mass is 79.9. The fourth-order valence-electron chi connectivity index (χ4n) is 2.23. The van der Waals surface area contributed by atoms with Crippen LogP contribution in [0.3, 0.4) is 0 Å². The molecule has 1 N–H and O–H groups in total. The minimum Gasteiger partial charge on any atom is -0.463 e. The van der Waals surface area contributed by atoms with Gasteiger partial charge in [0.25, 0.3) is 0 Å². The van der Waals surface area contributed by atoms with Crippen LogP contribution in [0.1, 0.15) is 30.4 Å². The summed E-state index contributed by atoms with van der Waals surface area (Å²) in [5.74, 6) is 2.02. The van der Waals surface area contributed by atoms with Gasteiger partial charge in [-0.05, 0) is 43.8 Å². The van der Waals surface area contributed by atoms with Crippen molar-refractivity contribution in [2.45, 2.75) is 33.0 Å². The summed E-state index contributed by atoms with van der Waals surface area (Å²) in [6.45, 7) is 5.71. The lowest BCUT2D eigenvalue weighted by atomic mass is 10.2. The van der Waals surface area contributed by atoms with Gasteiger partial charge < -0.3 is 9.73 Å². The molecule has 0 amide bonds. The molecule has 0 bridgehead atoms. The van der Waals surface area contributed by atoms with Crippen LogP contribution in [0.5, 0.6) is 0 Å². The zero-order valence-electron chi connectivity index (χ0n) is 12.7. The lowest BCUT2D eigenvalue weighted by Gasteiger charge is -2.16. The molecule has 0 fully saturated rings. The molecule has 0 spiro atoms. The van der Waals surface area contributed by atoms with E-state index >= 15 is 0 Å². The Bertz CT molecular complexity index is 553. The highest BCUT2D eigenvalue weighted by molar-refractivity contribution is 9.10. The molecule has 1 aromatic carbocycles. The molecule has 0 aliphatic rings. The van der Waals surface area contributed by atoms with Crippen molar-refractivity contribution in [3.8, 4) is 0 Å². The maximum atomic E-state index is 5.85. The molecule has 0 aliphatic carbocycles. The summed E-state index contributed by atoms with van der Waals surface area (Å²) >= 11 is 3.59. The lowest BCUT2D eigenvalue weighted by Crippen LogP contribution is -2.17. The second-order valence-corrected chi connectivity index (χ2v) is 6.16. The quantitative estimate of drug-likeness (QED) is 0.724. The van der Waals surface area contributed by atoms with E-state index in [1.165, 1.54) is 5.56 Å². The maximum absolute atomic E-state index is 5.85. The summed E-state index contributed by atoms with van der Waals surface area (Å²) < 4.78 is 7.01. The molecule has 114 valence electrons. The number of hydrogen-bond acceptors (Lipinski definition) is 3. The number of furan rings is 1. The van der Waals surface area contributed by atoms with Crippen molar-refractivity contribution in [1.29, 1.82) is 0 Å². The van der Waals surface area contributed by atoms with Crippen LogP contribution in [0.25, 0.3) is 0 Å². The van der Waals surface area contributed by atoms with E-state index in [0.717, 1.165) is 48.6 Å². The van der Waals surface area contributed by atoms with E-state index < -0.39 is 0 Å². The number of benzene rings is 1. The third-order valence-corrected chi connectivity index (χ3v) is 4.04. The Morgan fingerprint density at radius 3 is 2.62 bits per heavy atom. The lowest BCUT2D eigenvalue weighted by molar-refractivity contribution is 0.282. The van der Waals surface area contributed by atoms with E-state index in [1.807, 2.05) is 6.07 Å². The third-order valence-electron chi connectivity index (χ3n) is 3.27. The second kappa shape index (κ2) is 8.37. The van der Waals surface area contributed by atoms with Crippen molar-refractivity contribution in [3.05, 3.63) is 58.0 Å². The predicted molar refractivity (Wildman–Crippen MR) is 90.0 cm³/mol. The van der Waals surface area contributed by atoms with Gasteiger partial charge >= 0.3 is 0 Å². The van der Waals surface area contributed by atoms with Crippen LogP contribution >= 0.6 is 15.9 Å². The van der Waals surface area contributed by atoms with Crippen LogP contribution in [0.15, 0.2) is 45.3 Å². The summed E-state index contributed by atoms with van der Waals surface area (Å²) in [6, 6.07) is 12.5. The molecule has 1 aromatic heterocycles. The first kappa shape index (κ1) is 16.3. The van der Waals surface area contributed by atoms with E-state index in [2.05, 4.69) is 70.4 Å². The van der Waals surface area contributed by atoms with Gasteiger partial charge in [0, 0.05) is 11.0 Å². The van der Waals surface area contributed by atoms with Crippen LogP contribution in [-0.4, -0.2) is 18.5 Å². The van der Waals surface area contributed by atoms with E-state index in [4.69, 9.17) is 4.42 Å². The molecule has 21 heavy (non-hydrogen) atoms. The van der Waals surface area contributed by atoms with Crippen LogP contribution in [0, 0.1) is 0 Å². The van der Waals surface area contributed by atoms with Crippen molar-refractivity contribution in [3.63, 3.8) is 0 Å². The second-order valence-electron chi connectivity index (χ2n) is 5.31. The Balaban J connectivity index is 1.85. The Labute approximate surface area is 135 Å². The van der Waals surface area contributed by atoms with Gasteiger partial charge in [-0.25, -0.2) is 0 Å². The molecule has 1 heterocycles. The average molecular weight is 351 g/mol. The van der Waals surface area contributed by atoms with Crippen LogP contribution < -0.4 is 5.32 Å². The number of nitrogens with one attached hydrogen (secondary N) is 1. The van der Waals surface area contributed by atoms with Crippen molar-refractivity contribution in [2.75, 3.05) is 13.6 Å². The monoisotopic (exact) mass is 350 g/mol. The normalized spacial score (nSPS) is 11.2. The number of nitrogens with zero attached hydrogens (tertiary/aromatic N) is 1. The van der Waals surface area contributed by atoms with Crippen LogP contribution in [-0.2, 0) is 19.6 Å². The minimum absolute atomic E-state index is 0.807. The van der Waals surface area contributed by atoms with E-state index in [0.29, 0.717) is 0 Å². The molecular weight excluding hydrogens is 328 g/mol. The van der Waals surface area contributed by atoms with Gasteiger partial charge in [0.15, 0.2) is 0 Å². The first-order valence-electron chi connectivity index (χ1n) is 7.39. The highest BCUT2D eigenvalue weighted by Crippen LogP contribution is 2.18. The zero-order chi connectivity index (χ0) is 15.1. The standard InChI is InChI=1S/C17H23BrN2O/c1-3-10-19-11-15-8-9-16(21-15)13-20(2)12-14-6-4-5-7-17(14)18/h4-9,19H,3,10-13H2,1-2H3. The van der Waals surface area contributed by atoms with E-state index in [1.54, 1.807) is 0 Å². The van der Waals surface area contributed by atoms with Gasteiger partial charge in [0.2, 0.25) is 0 Å². The number of halogens is 1. The van der Waals surface area contributed by atoms with Crippen molar-refractivity contribution < 1.29 is 4.42 Å². The van der Waals surface area contributed by atoms with Gasteiger partial charge in [-0.15, -0.1) is 0 Å². The SMILES string of the molecule is CCCNCc1ccc(CN(C)Cc2ccccc2Br)o1. The van der Waals surface area contributed by atoms with Crippen LogP contribution in [0.4, 0.5) is 0 Å². The Hall–Kier alpha value is -1.10. The van der Waals surface area contributed by atoms with Crippen molar-refractivity contribution in [2.24, 2.45) is 0 Å². The number of hydrogen-bond donors (Lipinski definition) is 1. The molecule has 0 saturated carbocycles. The van der Waals surface area contributed by atoms with Crippen LogP contribution in [0.2, 0.25) is 0 Å². The smallest absolute Gasteiger partial charge is 0.118 e. The van der Waals surface area contributed by atoms with Gasteiger partial charge in [-0.3, -0.25) is 4.90 Å². The largest absolute Gasteiger partial charge is 0.463 e. The average Bonchev–Trinajstić information content (AvgIpc) is 2.89. The molecule has 0 aliphatic heterocycles. The summed E-state index contributed by atoms with van der Waals surface area (Å²) in [6.07, 6.45) is 1.14. The molecule has 0 radical (unpaired) electrons. The summed E-state index contributed by atoms with van der Waals surface area (Å²) in [4.78, 5) is 2.25. The predicted octanol–water partition coefficient (Wildman–Crippen LogP) is 4.17. The fraction of sp³-hybridized carbons (Fsp3) is 0.412. The summed E-state index contributed by atoms with van der Waals surface area (Å²) in [5.41, 5.74) is 1.29. The molecule has 2 aromatic rings. The fourth-order valence-corrected chi connectivity index (χ4v) is 2.64. The van der Waals surface area contributed by atoms with E-state index in [-0.39, 0.29) is 0 Å². The molecule has 4 heteroatoms. The summed E-state index contributed by atoms with van der Waals surface area (Å²) in [5, 5.41) is 3.35. The third kappa shape index (κ3) is 5.30. The molecule has 2 rings (SSSR count). The molecule has 0 atom stereocenters. The molecule has 0 saturated heterocycles. The summed E-state index contributed by atoms with van der Waals surface area (Å²) in [7, 11) is 2.11.